The van der Waals surface area contributed by atoms with Crippen molar-refractivity contribution in [3.63, 3.8) is 0 Å². The summed E-state index contributed by atoms with van der Waals surface area (Å²) in [4.78, 5) is 0. The number of rotatable bonds is 5. The molecule has 1 aliphatic carbocycles. The van der Waals surface area contributed by atoms with Gasteiger partial charge in [0.1, 0.15) is 0 Å². The van der Waals surface area contributed by atoms with E-state index in [1.54, 1.807) is 0 Å². The smallest absolute Gasteiger partial charge is 0.0852 e. The van der Waals surface area contributed by atoms with Crippen LogP contribution in [0, 0.1) is 11.3 Å². The molecule has 17 heavy (non-hydrogen) atoms. The summed E-state index contributed by atoms with van der Waals surface area (Å²) < 4.78 is 0. The first-order valence-corrected chi connectivity index (χ1v) is 6.12. The molecule has 2 rings (SSSR count). The Morgan fingerprint density at radius 2 is 2.06 bits per heavy atom. The van der Waals surface area contributed by atoms with Crippen molar-refractivity contribution in [1.82, 2.24) is 5.32 Å². The third-order valence-corrected chi connectivity index (χ3v) is 3.50. The van der Waals surface area contributed by atoms with Crippen molar-refractivity contribution >= 4 is 0 Å². The molecule has 1 aromatic rings. The maximum absolute atomic E-state index is 9.36. The summed E-state index contributed by atoms with van der Waals surface area (Å²) >= 11 is 0. The number of hydrogen-bond donors (Lipinski definition) is 2. The van der Waals surface area contributed by atoms with Gasteiger partial charge in [-0.3, -0.25) is 0 Å². The van der Waals surface area contributed by atoms with Crippen molar-refractivity contribution in [2.24, 2.45) is 0 Å². The van der Waals surface area contributed by atoms with Crippen molar-refractivity contribution in [1.29, 1.82) is 5.26 Å². The molecule has 0 spiro atoms. The number of hydrogen-bond acceptors (Lipinski definition) is 3. The van der Waals surface area contributed by atoms with Gasteiger partial charge in [-0.1, -0.05) is 30.3 Å². The highest BCUT2D eigenvalue weighted by molar-refractivity contribution is 5.36. The Morgan fingerprint density at radius 3 is 2.65 bits per heavy atom. The minimum absolute atomic E-state index is 0.224. The zero-order chi connectivity index (χ0) is 12.1. The standard InChI is InChI=1S/C14H18N2O/c15-11-14(12-5-2-1-3-6-12)9-13(10-14)16-7-4-8-17/h1-3,5-6,13,16-17H,4,7-10H2. The first-order valence-electron chi connectivity index (χ1n) is 6.12. The second-order valence-electron chi connectivity index (χ2n) is 4.70. The van der Waals surface area contributed by atoms with Crippen LogP contribution in [0.4, 0.5) is 0 Å². The lowest BCUT2D eigenvalue weighted by molar-refractivity contribution is 0.217. The Labute approximate surface area is 102 Å². The average molecular weight is 230 g/mol. The third-order valence-electron chi connectivity index (χ3n) is 3.50. The number of aliphatic hydroxyl groups excluding tert-OH is 1. The Morgan fingerprint density at radius 1 is 1.35 bits per heavy atom. The number of aliphatic hydroxyl groups is 1. The van der Waals surface area contributed by atoms with Gasteiger partial charge in [-0.05, 0) is 31.4 Å². The van der Waals surface area contributed by atoms with E-state index >= 15 is 0 Å². The fraction of sp³-hybridized carbons (Fsp3) is 0.500. The number of nitrogens with one attached hydrogen (secondary N) is 1. The monoisotopic (exact) mass is 230 g/mol. The summed E-state index contributed by atoms with van der Waals surface area (Å²) in [5, 5.41) is 21.4. The van der Waals surface area contributed by atoms with Gasteiger partial charge in [0, 0.05) is 12.6 Å². The molecule has 0 atom stereocenters. The zero-order valence-electron chi connectivity index (χ0n) is 9.89. The van der Waals surface area contributed by atoms with Crippen LogP contribution in [0.2, 0.25) is 0 Å². The molecule has 0 unspecified atom stereocenters. The summed E-state index contributed by atoms with van der Waals surface area (Å²) in [5.41, 5.74) is 0.834. The first kappa shape index (κ1) is 12.1. The third kappa shape index (κ3) is 2.49. The van der Waals surface area contributed by atoms with Gasteiger partial charge in [0.2, 0.25) is 0 Å². The fourth-order valence-electron chi connectivity index (χ4n) is 2.46. The molecular weight excluding hydrogens is 212 g/mol. The van der Waals surface area contributed by atoms with Crippen LogP contribution < -0.4 is 5.32 Å². The fourth-order valence-corrected chi connectivity index (χ4v) is 2.46. The summed E-state index contributed by atoms with van der Waals surface area (Å²) in [6, 6.07) is 12.9. The molecule has 0 aromatic heterocycles. The molecule has 3 heteroatoms. The Bertz CT molecular complexity index is 390. The maximum Gasteiger partial charge on any atom is 0.0852 e. The van der Waals surface area contributed by atoms with E-state index in [2.05, 4.69) is 11.4 Å². The van der Waals surface area contributed by atoms with Crippen LogP contribution in [0.5, 0.6) is 0 Å². The molecule has 1 fully saturated rings. The Balaban J connectivity index is 1.92. The van der Waals surface area contributed by atoms with E-state index in [9.17, 15) is 5.26 Å². The largest absolute Gasteiger partial charge is 0.396 e. The first-order chi connectivity index (χ1) is 8.30. The second-order valence-corrected chi connectivity index (χ2v) is 4.70. The van der Waals surface area contributed by atoms with E-state index in [1.165, 1.54) is 0 Å². The quantitative estimate of drug-likeness (QED) is 0.755. The summed E-state index contributed by atoms with van der Waals surface area (Å²) in [6.07, 6.45) is 2.53. The molecule has 2 N–H and O–H groups in total. The van der Waals surface area contributed by atoms with Gasteiger partial charge in [0.15, 0.2) is 0 Å². The van der Waals surface area contributed by atoms with Crippen molar-refractivity contribution < 1.29 is 5.11 Å². The van der Waals surface area contributed by atoms with Crippen LogP contribution in [-0.2, 0) is 5.41 Å². The maximum atomic E-state index is 9.36. The van der Waals surface area contributed by atoms with Crippen LogP contribution in [0.1, 0.15) is 24.8 Å². The van der Waals surface area contributed by atoms with E-state index in [0.717, 1.165) is 31.4 Å². The molecule has 1 aromatic carbocycles. The lowest BCUT2D eigenvalue weighted by Crippen LogP contribution is -2.51. The zero-order valence-corrected chi connectivity index (χ0v) is 9.89. The van der Waals surface area contributed by atoms with Gasteiger partial charge in [0.25, 0.3) is 0 Å². The van der Waals surface area contributed by atoms with Crippen LogP contribution >= 0.6 is 0 Å². The summed E-state index contributed by atoms with van der Waals surface area (Å²) in [6.45, 7) is 1.05. The van der Waals surface area contributed by atoms with Crippen molar-refractivity contribution in [2.45, 2.75) is 30.7 Å². The lowest BCUT2D eigenvalue weighted by atomic mass is 9.62. The second kappa shape index (κ2) is 5.31. The van der Waals surface area contributed by atoms with Crippen molar-refractivity contribution in [3.8, 4) is 6.07 Å². The number of benzene rings is 1. The summed E-state index contributed by atoms with van der Waals surface area (Å²) in [7, 11) is 0. The predicted octanol–water partition coefficient (Wildman–Crippen LogP) is 1.58. The molecule has 0 bridgehead atoms. The van der Waals surface area contributed by atoms with Crippen LogP contribution in [0.25, 0.3) is 0 Å². The number of nitrogens with zero attached hydrogens (tertiary/aromatic N) is 1. The van der Waals surface area contributed by atoms with Crippen molar-refractivity contribution in [2.75, 3.05) is 13.2 Å². The van der Waals surface area contributed by atoms with Crippen LogP contribution in [0.3, 0.4) is 0 Å². The topological polar surface area (TPSA) is 56.0 Å². The minimum atomic E-state index is -0.294. The molecule has 1 aliphatic rings. The van der Waals surface area contributed by atoms with Gasteiger partial charge >= 0.3 is 0 Å². The van der Waals surface area contributed by atoms with Crippen molar-refractivity contribution in [3.05, 3.63) is 35.9 Å². The van der Waals surface area contributed by atoms with Gasteiger partial charge < -0.3 is 10.4 Å². The molecular formula is C14H18N2O. The molecule has 90 valence electrons. The van der Waals surface area contributed by atoms with Crippen LogP contribution in [-0.4, -0.2) is 24.3 Å². The average Bonchev–Trinajstić information content (AvgIpc) is 2.34. The van der Waals surface area contributed by atoms with Gasteiger partial charge in [-0.15, -0.1) is 0 Å². The lowest BCUT2D eigenvalue weighted by Gasteiger charge is -2.43. The Kier molecular flexibility index (Phi) is 3.78. The van der Waals surface area contributed by atoms with E-state index in [4.69, 9.17) is 5.11 Å². The molecule has 0 saturated heterocycles. The van der Waals surface area contributed by atoms with E-state index in [1.807, 2.05) is 30.3 Å². The molecule has 0 amide bonds. The Hall–Kier alpha value is -1.37. The SMILES string of the molecule is N#CC1(c2ccccc2)CC(NCCCO)C1. The predicted molar refractivity (Wildman–Crippen MR) is 66.5 cm³/mol. The van der Waals surface area contributed by atoms with Gasteiger partial charge in [-0.25, -0.2) is 0 Å². The highest BCUT2D eigenvalue weighted by Crippen LogP contribution is 2.43. The van der Waals surface area contributed by atoms with E-state index in [0.29, 0.717) is 6.04 Å². The van der Waals surface area contributed by atoms with Crippen LogP contribution in [0.15, 0.2) is 30.3 Å². The van der Waals surface area contributed by atoms with Gasteiger partial charge in [0.05, 0.1) is 11.5 Å². The van der Waals surface area contributed by atoms with E-state index in [-0.39, 0.29) is 12.0 Å². The molecule has 0 heterocycles. The molecule has 3 nitrogen and oxygen atoms in total. The normalized spacial score (nSPS) is 27.2. The molecule has 1 saturated carbocycles. The highest BCUT2D eigenvalue weighted by atomic mass is 16.3. The highest BCUT2D eigenvalue weighted by Gasteiger charge is 2.45. The molecule has 0 aliphatic heterocycles. The minimum Gasteiger partial charge on any atom is -0.396 e. The van der Waals surface area contributed by atoms with E-state index < -0.39 is 0 Å². The molecule has 0 radical (unpaired) electrons. The number of nitriles is 1. The summed E-state index contributed by atoms with van der Waals surface area (Å²) in [5.74, 6) is 0. The van der Waals surface area contributed by atoms with Gasteiger partial charge in [-0.2, -0.15) is 5.26 Å².